The maximum atomic E-state index is 6.22. The van der Waals surface area contributed by atoms with E-state index in [1.807, 2.05) is 12.3 Å². The lowest BCUT2D eigenvalue weighted by molar-refractivity contribution is 0.0158. The Morgan fingerprint density at radius 2 is 2.57 bits per heavy atom. The zero-order chi connectivity index (χ0) is 9.97. The molecule has 1 saturated heterocycles. The molecule has 3 nitrogen and oxygen atoms in total. The lowest BCUT2D eigenvalue weighted by Crippen LogP contribution is -2.33. The first-order valence-corrected chi connectivity index (χ1v) is 5.80. The second kappa shape index (κ2) is 4.38. The van der Waals surface area contributed by atoms with Crippen LogP contribution in [0.5, 0.6) is 0 Å². The van der Waals surface area contributed by atoms with E-state index in [4.69, 9.17) is 10.5 Å². The van der Waals surface area contributed by atoms with E-state index in [1.165, 1.54) is 16.4 Å². The molecule has 0 spiro atoms. The molecule has 0 radical (unpaired) electrons. The molecule has 1 aliphatic rings. The summed E-state index contributed by atoms with van der Waals surface area (Å²) in [5.41, 5.74) is 6.22. The molecule has 14 heavy (non-hydrogen) atoms. The zero-order valence-electron chi connectivity index (χ0n) is 8.35. The summed E-state index contributed by atoms with van der Waals surface area (Å²) in [6.07, 6.45) is 2.89. The van der Waals surface area contributed by atoms with Gasteiger partial charge in [-0.05, 0) is 35.9 Å². The summed E-state index contributed by atoms with van der Waals surface area (Å²) in [5.74, 6) is 1.10. The number of hydrogen-bond acceptors (Lipinski definition) is 4. The maximum Gasteiger partial charge on any atom is 0.0495 e. The molecule has 1 fully saturated rings. The Bertz CT molecular complexity index is 276. The number of nitrogens with two attached hydrogens (primary N) is 1. The fourth-order valence-electron chi connectivity index (χ4n) is 2.04. The van der Waals surface area contributed by atoms with Gasteiger partial charge in [-0.15, -0.1) is 0 Å². The van der Waals surface area contributed by atoms with Crippen LogP contribution in [-0.4, -0.2) is 17.6 Å². The zero-order valence-corrected chi connectivity index (χ0v) is 9.17. The van der Waals surface area contributed by atoms with Gasteiger partial charge in [-0.2, -0.15) is 0 Å². The minimum Gasteiger partial charge on any atom is -0.381 e. The SMILES string of the molecule is CC1COCCC1C(N)c1ccns1. The van der Waals surface area contributed by atoms with Crippen molar-refractivity contribution in [3.8, 4) is 0 Å². The third-order valence-corrected chi connectivity index (χ3v) is 3.80. The fourth-order valence-corrected chi connectivity index (χ4v) is 2.70. The molecule has 0 aliphatic carbocycles. The van der Waals surface area contributed by atoms with Crippen molar-refractivity contribution in [3.63, 3.8) is 0 Å². The van der Waals surface area contributed by atoms with Gasteiger partial charge in [0, 0.05) is 30.3 Å². The van der Waals surface area contributed by atoms with Gasteiger partial charge in [0.25, 0.3) is 0 Å². The molecule has 2 N–H and O–H groups in total. The molecule has 1 aromatic rings. The number of rotatable bonds is 2. The molecule has 2 heterocycles. The van der Waals surface area contributed by atoms with Gasteiger partial charge in [0.05, 0.1) is 0 Å². The van der Waals surface area contributed by atoms with E-state index >= 15 is 0 Å². The smallest absolute Gasteiger partial charge is 0.0495 e. The standard InChI is InChI=1S/C10H16N2OS/c1-7-6-13-5-3-8(7)10(11)9-2-4-12-14-9/h2,4,7-8,10H,3,5-6,11H2,1H3. The van der Waals surface area contributed by atoms with E-state index in [1.54, 1.807) is 0 Å². The average molecular weight is 212 g/mol. The maximum absolute atomic E-state index is 6.22. The quantitative estimate of drug-likeness (QED) is 0.813. The van der Waals surface area contributed by atoms with Crippen LogP contribution in [-0.2, 0) is 4.74 Å². The lowest BCUT2D eigenvalue weighted by atomic mass is 9.83. The third-order valence-electron chi connectivity index (χ3n) is 2.95. The van der Waals surface area contributed by atoms with Crippen LogP contribution in [0.15, 0.2) is 12.3 Å². The van der Waals surface area contributed by atoms with E-state index in [0.29, 0.717) is 11.8 Å². The van der Waals surface area contributed by atoms with Crippen molar-refractivity contribution in [1.82, 2.24) is 4.37 Å². The Morgan fingerprint density at radius 3 is 3.21 bits per heavy atom. The molecule has 1 aliphatic heterocycles. The highest BCUT2D eigenvalue weighted by molar-refractivity contribution is 7.05. The van der Waals surface area contributed by atoms with Crippen LogP contribution in [0.25, 0.3) is 0 Å². The number of nitrogens with zero attached hydrogens (tertiary/aromatic N) is 1. The van der Waals surface area contributed by atoms with Gasteiger partial charge in [-0.3, -0.25) is 0 Å². The molecule has 3 unspecified atom stereocenters. The Morgan fingerprint density at radius 1 is 1.71 bits per heavy atom. The van der Waals surface area contributed by atoms with Gasteiger partial charge in [0.2, 0.25) is 0 Å². The molecule has 4 heteroatoms. The molecule has 0 bridgehead atoms. The van der Waals surface area contributed by atoms with E-state index in [9.17, 15) is 0 Å². The van der Waals surface area contributed by atoms with E-state index in [0.717, 1.165) is 19.6 Å². The summed E-state index contributed by atoms with van der Waals surface area (Å²) in [7, 11) is 0. The minimum atomic E-state index is 0.140. The normalized spacial score (nSPS) is 30.1. The van der Waals surface area contributed by atoms with Crippen LogP contribution in [0, 0.1) is 11.8 Å². The average Bonchev–Trinajstić information content (AvgIpc) is 2.70. The molecular weight excluding hydrogens is 196 g/mol. The first-order chi connectivity index (χ1) is 6.79. The van der Waals surface area contributed by atoms with Gasteiger partial charge in [0.1, 0.15) is 0 Å². The van der Waals surface area contributed by atoms with Crippen LogP contribution in [0.1, 0.15) is 24.3 Å². The van der Waals surface area contributed by atoms with Gasteiger partial charge in [-0.1, -0.05) is 6.92 Å². The minimum absolute atomic E-state index is 0.140. The molecular formula is C10H16N2OS. The predicted octanol–water partition coefficient (Wildman–Crippen LogP) is 1.82. The van der Waals surface area contributed by atoms with Crippen molar-refractivity contribution in [2.75, 3.05) is 13.2 Å². The number of ether oxygens (including phenoxy) is 1. The topological polar surface area (TPSA) is 48.1 Å². The van der Waals surface area contributed by atoms with Crippen molar-refractivity contribution >= 4 is 11.5 Å². The molecule has 78 valence electrons. The van der Waals surface area contributed by atoms with E-state index in [2.05, 4.69) is 11.3 Å². The number of aromatic nitrogens is 1. The van der Waals surface area contributed by atoms with Crippen LogP contribution in [0.2, 0.25) is 0 Å². The summed E-state index contributed by atoms with van der Waals surface area (Å²) < 4.78 is 9.51. The van der Waals surface area contributed by atoms with Crippen LogP contribution in [0.4, 0.5) is 0 Å². The second-order valence-corrected chi connectivity index (χ2v) is 4.81. The van der Waals surface area contributed by atoms with Crippen LogP contribution in [0.3, 0.4) is 0 Å². The highest BCUT2D eigenvalue weighted by Crippen LogP contribution is 2.33. The van der Waals surface area contributed by atoms with E-state index in [-0.39, 0.29) is 6.04 Å². The Balaban J connectivity index is 2.06. The Labute approximate surface area is 88.4 Å². The van der Waals surface area contributed by atoms with Crippen LogP contribution < -0.4 is 5.73 Å². The van der Waals surface area contributed by atoms with Gasteiger partial charge in [-0.25, -0.2) is 4.37 Å². The van der Waals surface area contributed by atoms with Crippen molar-refractivity contribution in [2.45, 2.75) is 19.4 Å². The Kier molecular flexibility index (Phi) is 3.15. The monoisotopic (exact) mass is 212 g/mol. The largest absolute Gasteiger partial charge is 0.381 e. The summed E-state index contributed by atoms with van der Waals surface area (Å²) in [6.45, 7) is 3.91. The third kappa shape index (κ3) is 1.97. The molecule has 0 saturated carbocycles. The lowest BCUT2D eigenvalue weighted by Gasteiger charge is -2.32. The molecule has 3 atom stereocenters. The summed E-state index contributed by atoms with van der Waals surface area (Å²) in [5, 5.41) is 0. The number of hydrogen-bond donors (Lipinski definition) is 1. The Hall–Kier alpha value is -0.450. The highest BCUT2D eigenvalue weighted by atomic mass is 32.1. The van der Waals surface area contributed by atoms with Crippen LogP contribution >= 0.6 is 11.5 Å². The first-order valence-electron chi connectivity index (χ1n) is 5.03. The van der Waals surface area contributed by atoms with Gasteiger partial charge in [0.15, 0.2) is 0 Å². The van der Waals surface area contributed by atoms with E-state index < -0.39 is 0 Å². The van der Waals surface area contributed by atoms with Crippen molar-refractivity contribution in [1.29, 1.82) is 0 Å². The molecule has 2 rings (SSSR count). The summed E-state index contributed by atoms with van der Waals surface area (Å²) in [4.78, 5) is 1.20. The van der Waals surface area contributed by atoms with Crippen molar-refractivity contribution in [2.24, 2.45) is 17.6 Å². The molecule has 0 amide bonds. The summed E-state index contributed by atoms with van der Waals surface area (Å²) >= 11 is 1.51. The summed E-state index contributed by atoms with van der Waals surface area (Å²) in [6, 6.07) is 2.17. The molecule has 0 aromatic carbocycles. The van der Waals surface area contributed by atoms with Crippen molar-refractivity contribution < 1.29 is 4.74 Å². The highest BCUT2D eigenvalue weighted by Gasteiger charge is 2.28. The fraction of sp³-hybridized carbons (Fsp3) is 0.700. The predicted molar refractivity (Wildman–Crippen MR) is 57.1 cm³/mol. The van der Waals surface area contributed by atoms with Crippen molar-refractivity contribution in [3.05, 3.63) is 17.1 Å². The molecule has 1 aromatic heterocycles. The second-order valence-electron chi connectivity index (χ2n) is 3.95. The van der Waals surface area contributed by atoms with Gasteiger partial charge < -0.3 is 10.5 Å². The first kappa shape index (κ1) is 10.1. The van der Waals surface area contributed by atoms with Gasteiger partial charge >= 0.3 is 0 Å².